The summed E-state index contributed by atoms with van der Waals surface area (Å²) in [6.45, 7) is 4.29. The molecule has 0 spiro atoms. The number of hydrogen-bond acceptors (Lipinski definition) is 3. The molecule has 0 aliphatic carbocycles. The Morgan fingerprint density at radius 1 is 1.32 bits per heavy atom. The van der Waals surface area contributed by atoms with E-state index in [1.54, 1.807) is 0 Å². The third kappa shape index (κ3) is 2.74. The Balaban J connectivity index is 2.44. The van der Waals surface area contributed by atoms with Crippen molar-refractivity contribution in [1.82, 2.24) is 4.31 Å². The zero-order chi connectivity index (χ0) is 14.2. The number of nitrogens with two attached hydrogens (primary N) is 1. The maximum atomic E-state index is 13.8. The van der Waals surface area contributed by atoms with Gasteiger partial charge in [-0.1, -0.05) is 6.92 Å². The van der Waals surface area contributed by atoms with E-state index < -0.39 is 15.8 Å². The highest BCUT2D eigenvalue weighted by Crippen LogP contribution is 2.29. The number of halogens is 1. The van der Waals surface area contributed by atoms with Crippen LogP contribution in [0.25, 0.3) is 0 Å². The topological polar surface area (TPSA) is 63.4 Å². The molecule has 2 unspecified atom stereocenters. The minimum atomic E-state index is -3.82. The van der Waals surface area contributed by atoms with Gasteiger partial charge >= 0.3 is 0 Å². The van der Waals surface area contributed by atoms with Gasteiger partial charge in [0.15, 0.2) is 0 Å². The molecule has 1 aliphatic heterocycles. The van der Waals surface area contributed by atoms with E-state index in [1.165, 1.54) is 16.4 Å². The van der Waals surface area contributed by atoms with Gasteiger partial charge in [0, 0.05) is 18.3 Å². The van der Waals surface area contributed by atoms with Crippen molar-refractivity contribution in [3.8, 4) is 0 Å². The highest BCUT2D eigenvalue weighted by Gasteiger charge is 2.35. The number of rotatable bonds is 2. The average molecular weight is 286 g/mol. The van der Waals surface area contributed by atoms with Gasteiger partial charge in [-0.15, -0.1) is 0 Å². The molecule has 1 heterocycles. The van der Waals surface area contributed by atoms with Crippen LogP contribution in [0, 0.1) is 11.7 Å². The lowest BCUT2D eigenvalue weighted by Crippen LogP contribution is -2.45. The number of nitrogens with zero attached hydrogens (tertiary/aromatic N) is 1. The lowest BCUT2D eigenvalue weighted by atomic mass is 9.97. The van der Waals surface area contributed by atoms with Gasteiger partial charge in [-0.25, -0.2) is 12.8 Å². The smallest absolute Gasteiger partial charge is 0.246 e. The molecular weight excluding hydrogens is 267 g/mol. The molecule has 2 rings (SSSR count). The van der Waals surface area contributed by atoms with Crippen LogP contribution in [0.5, 0.6) is 0 Å². The summed E-state index contributed by atoms with van der Waals surface area (Å²) in [7, 11) is -3.82. The van der Waals surface area contributed by atoms with Crippen molar-refractivity contribution in [3.63, 3.8) is 0 Å². The first-order valence-corrected chi connectivity index (χ1v) is 7.83. The molecule has 0 bridgehead atoms. The van der Waals surface area contributed by atoms with Crippen LogP contribution >= 0.6 is 0 Å². The van der Waals surface area contributed by atoms with Gasteiger partial charge < -0.3 is 5.73 Å². The molecule has 0 radical (unpaired) electrons. The Labute approximate surface area is 113 Å². The largest absolute Gasteiger partial charge is 0.399 e. The zero-order valence-corrected chi connectivity index (χ0v) is 12.0. The predicted molar refractivity (Wildman–Crippen MR) is 72.6 cm³/mol. The fraction of sp³-hybridized carbons (Fsp3) is 0.538. The van der Waals surface area contributed by atoms with Gasteiger partial charge in [-0.3, -0.25) is 0 Å². The summed E-state index contributed by atoms with van der Waals surface area (Å²) >= 11 is 0. The molecule has 0 amide bonds. The fourth-order valence-electron chi connectivity index (χ4n) is 2.43. The van der Waals surface area contributed by atoms with Gasteiger partial charge in [0.05, 0.1) is 0 Å². The summed E-state index contributed by atoms with van der Waals surface area (Å²) in [5.41, 5.74) is 5.81. The second kappa shape index (κ2) is 5.09. The Hall–Kier alpha value is -1.14. The highest BCUT2D eigenvalue weighted by atomic mass is 32.2. The molecule has 2 N–H and O–H groups in total. The van der Waals surface area contributed by atoms with Gasteiger partial charge in [0.1, 0.15) is 10.7 Å². The minimum absolute atomic E-state index is 0.109. The molecule has 0 saturated carbocycles. The zero-order valence-electron chi connectivity index (χ0n) is 11.1. The lowest BCUT2D eigenvalue weighted by Gasteiger charge is -2.35. The fourth-order valence-corrected chi connectivity index (χ4v) is 4.31. The standard InChI is InChI=1S/C13H19FN2O2S/c1-9-3-4-10(2)16(8-9)19(17,18)13-7-11(15)5-6-12(13)14/h5-7,9-10H,3-4,8,15H2,1-2H3. The molecule has 1 fully saturated rings. The Morgan fingerprint density at radius 2 is 2.00 bits per heavy atom. The number of benzene rings is 1. The number of anilines is 1. The molecule has 1 saturated heterocycles. The first kappa shape index (κ1) is 14.3. The quantitative estimate of drug-likeness (QED) is 0.848. The molecule has 1 aromatic carbocycles. The van der Waals surface area contributed by atoms with Crippen LogP contribution in [-0.4, -0.2) is 25.3 Å². The molecule has 1 aromatic rings. The third-order valence-electron chi connectivity index (χ3n) is 3.60. The first-order valence-electron chi connectivity index (χ1n) is 6.39. The SMILES string of the molecule is CC1CCC(C)N(S(=O)(=O)c2cc(N)ccc2F)C1. The van der Waals surface area contributed by atoms with Gasteiger partial charge in [0.25, 0.3) is 0 Å². The van der Waals surface area contributed by atoms with Crippen LogP contribution in [-0.2, 0) is 10.0 Å². The summed E-state index contributed by atoms with van der Waals surface area (Å²) < 4.78 is 40.3. The number of hydrogen-bond donors (Lipinski definition) is 1. The van der Waals surface area contributed by atoms with Crippen molar-refractivity contribution in [2.45, 2.75) is 37.6 Å². The number of piperidine rings is 1. The van der Waals surface area contributed by atoms with Crippen molar-refractivity contribution < 1.29 is 12.8 Å². The van der Waals surface area contributed by atoms with E-state index in [4.69, 9.17) is 5.73 Å². The Bertz CT molecular complexity index is 574. The Kier molecular flexibility index (Phi) is 3.82. The van der Waals surface area contributed by atoms with E-state index in [0.717, 1.165) is 18.9 Å². The maximum absolute atomic E-state index is 13.8. The van der Waals surface area contributed by atoms with Crippen LogP contribution in [0.2, 0.25) is 0 Å². The van der Waals surface area contributed by atoms with E-state index in [2.05, 4.69) is 0 Å². The molecule has 1 aliphatic rings. The summed E-state index contributed by atoms with van der Waals surface area (Å²) in [4.78, 5) is -0.326. The van der Waals surface area contributed by atoms with Crippen molar-refractivity contribution in [3.05, 3.63) is 24.0 Å². The summed E-state index contributed by atoms with van der Waals surface area (Å²) in [5.74, 6) is -0.463. The molecular formula is C13H19FN2O2S. The van der Waals surface area contributed by atoms with Crippen molar-refractivity contribution >= 4 is 15.7 Å². The van der Waals surface area contributed by atoms with Gasteiger partial charge in [-0.05, 0) is 43.9 Å². The first-order chi connectivity index (χ1) is 8.82. The van der Waals surface area contributed by atoms with Crippen molar-refractivity contribution in [2.24, 2.45) is 5.92 Å². The molecule has 0 aromatic heterocycles. The molecule has 2 atom stereocenters. The summed E-state index contributed by atoms with van der Waals surface area (Å²) in [6, 6.07) is 3.54. The van der Waals surface area contributed by atoms with Gasteiger partial charge in [-0.2, -0.15) is 4.31 Å². The highest BCUT2D eigenvalue weighted by molar-refractivity contribution is 7.89. The summed E-state index contributed by atoms with van der Waals surface area (Å²) in [6.07, 6.45) is 1.79. The normalized spacial score (nSPS) is 25.4. The molecule has 6 heteroatoms. The monoisotopic (exact) mass is 286 g/mol. The second-order valence-electron chi connectivity index (χ2n) is 5.30. The second-order valence-corrected chi connectivity index (χ2v) is 7.16. The summed E-state index contributed by atoms with van der Waals surface area (Å²) in [5, 5.41) is 0. The van der Waals surface area contributed by atoms with Crippen molar-refractivity contribution in [2.75, 3.05) is 12.3 Å². The van der Waals surface area contributed by atoms with Gasteiger partial charge in [0.2, 0.25) is 10.0 Å². The molecule has 19 heavy (non-hydrogen) atoms. The van der Waals surface area contributed by atoms with Crippen LogP contribution in [0.3, 0.4) is 0 Å². The van der Waals surface area contributed by atoms with Crippen LogP contribution in [0.4, 0.5) is 10.1 Å². The van der Waals surface area contributed by atoms with E-state index in [-0.39, 0.29) is 22.5 Å². The van der Waals surface area contributed by atoms with E-state index >= 15 is 0 Å². The predicted octanol–water partition coefficient (Wildman–Crippen LogP) is 2.22. The Morgan fingerprint density at radius 3 is 2.68 bits per heavy atom. The maximum Gasteiger partial charge on any atom is 0.246 e. The van der Waals surface area contributed by atoms with Crippen molar-refractivity contribution in [1.29, 1.82) is 0 Å². The van der Waals surface area contributed by atoms with Crippen LogP contribution in [0.15, 0.2) is 23.1 Å². The average Bonchev–Trinajstić information content (AvgIpc) is 2.35. The van der Waals surface area contributed by atoms with Crippen LogP contribution in [0.1, 0.15) is 26.7 Å². The molecule has 106 valence electrons. The third-order valence-corrected chi connectivity index (χ3v) is 5.60. The number of sulfonamides is 1. The van der Waals surface area contributed by atoms with Crippen LogP contribution < -0.4 is 5.73 Å². The van der Waals surface area contributed by atoms with E-state index in [1.807, 2.05) is 13.8 Å². The minimum Gasteiger partial charge on any atom is -0.399 e. The van der Waals surface area contributed by atoms with E-state index in [0.29, 0.717) is 6.54 Å². The lowest BCUT2D eigenvalue weighted by molar-refractivity contribution is 0.217. The number of nitrogen functional groups attached to an aromatic ring is 1. The molecule has 4 nitrogen and oxygen atoms in total. The van der Waals surface area contributed by atoms with E-state index in [9.17, 15) is 12.8 Å².